The highest BCUT2D eigenvalue weighted by Gasteiger charge is 2.12. The van der Waals surface area contributed by atoms with Crippen molar-refractivity contribution in [3.63, 3.8) is 0 Å². The second kappa shape index (κ2) is 8.96. The van der Waals surface area contributed by atoms with Crippen LogP contribution in [0.15, 0.2) is 57.9 Å². The van der Waals surface area contributed by atoms with E-state index in [9.17, 15) is 4.79 Å². The molecule has 134 valence electrons. The van der Waals surface area contributed by atoms with Crippen LogP contribution in [0.25, 0.3) is 0 Å². The van der Waals surface area contributed by atoms with Gasteiger partial charge in [-0.1, -0.05) is 29.8 Å². The van der Waals surface area contributed by atoms with Gasteiger partial charge in [-0.15, -0.1) is 0 Å². The van der Waals surface area contributed by atoms with Crippen LogP contribution in [-0.2, 0) is 19.4 Å². The maximum atomic E-state index is 11.9. The molecule has 0 fully saturated rings. The summed E-state index contributed by atoms with van der Waals surface area (Å²) >= 11 is 9.29. The minimum Gasteiger partial charge on any atom is -0.377 e. The molecule has 26 heavy (non-hydrogen) atoms. The lowest BCUT2D eigenvalue weighted by Gasteiger charge is -2.12. The van der Waals surface area contributed by atoms with Gasteiger partial charge >= 0.3 is 0 Å². The Hall–Kier alpha value is -2.18. The molecule has 3 rings (SSSR count). The first-order chi connectivity index (χ1) is 12.6. The van der Waals surface area contributed by atoms with Crippen LogP contribution in [0.4, 0.5) is 5.69 Å². The molecular weight excluding hydrogens is 416 g/mol. The zero-order valence-electron chi connectivity index (χ0n) is 14.0. The zero-order valence-corrected chi connectivity index (χ0v) is 16.3. The van der Waals surface area contributed by atoms with E-state index in [2.05, 4.69) is 36.4 Å². The normalized spacial score (nSPS) is 10.7. The Labute approximate surface area is 165 Å². The number of hydrogen-bond donors (Lipinski definition) is 2. The van der Waals surface area contributed by atoms with Crippen LogP contribution in [0.2, 0.25) is 5.02 Å². The number of rotatable bonds is 7. The standard InChI is InChI=1S/C19H18BrClN4O/c20-17-18(23-12-15-5-1-2-11-22-15)16(24-25-19(17)26)6-3-4-13-7-9-14(21)10-8-13/h1-2,5,7-11H,3-4,6,12H2,(H2,23,25,26). The van der Waals surface area contributed by atoms with Crippen molar-refractivity contribution in [2.24, 2.45) is 0 Å². The Morgan fingerprint density at radius 3 is 2.65 bits per heavy atom. The molecular formula is C19H18BrClN4O. The van der Waals surface area contributed by atoms with Gasteiger partial charge in [-0.2, -0.15) is 5.10 Å². The molecule has 0 aliphatic carbocycles. The summed E-state index contributed by atoms with van der Waals surface area (Å²) in [5, 5.41) is 10.8. The maximum absolute atomic E-state index is 11.9. The highest BCUT2D eigenvalue weighted by Crippen LogP contribution is 2.23. The summed E-state index contributed by atoms with van der Waals surface area (Å²) in [6.45, 7) is 0.523. The van der Waals surface area contributed by atoms with Crippen LogP contribution in [0.5, 0.6) is 0 Å². The van der Waals surface area contributed by atoms with E-state index in [0.29, 0.717) is 11.0 Å². The van der Waals surface area contributed by atoms with E-state index >= 15 is 0 Å². The van der Waals surface area contributed by atoms with E-state index in [1.807, 2.05) is 42.5 Å². The van der Waals surface area contributed by atoms with E-state index in [1.165, 1.54) is 5.56 Å². The molecule has 5 nitrogen and oxygen atoms in total. The Balaban J connectivity index is 1.68. The fourth-order valence-corrected chi connectivity index (χ4v) is 3.20. The molecule has 3 aromatic rings. The Morgan fingerprint density at radius 2 is 1.92 bits per heavy atom. The molecule has 2 aromatic heterocycles. The van der Waals surface area contributed by atoms with Gasteiger partial charge in [0.15, 0.2) is 0 Å². The first-order valence-corrected chi connectivity index (χ1v) is 9.46. The van der Waals surface area contributed by atoms with Gasteiger partial charge in [-0.05, 0) is 65.0 Å². The van der Waals surface area contributed by atoms with Crippen LogP contribution in [-0.4, -0.2) is 15.2 Å². The third-order valence-electron chi connectivity index (χ3n) is 3.96. The van der Waals surface area contributed by atoms with Crippen LogP contribution >= 0.6 is 27.5 Å². The molecule has 0 saturated carbocycles. The number of benzene rings is 1. The molecule has 0 amide bonds. The van der Waals surface area contributed by atoms with Crippen molar-refractivity contribution in [1.82, 2.24) is 15.2 Å². The molecule has 0 radical (unpaired) electrons. The van der Waals surface area contributed by atoms with Crippen LogP contribution in [0.3, 0.4) is 0 Å². The van der Waals surface area contributed by atoms with Crippen molar-refractivity contribution in [1.29, 1.82) is 0 Å². The number of hydrogen-bond acceptors (Lipinski definition) is 4. The summed E-state index contributed by atoms with van der Waals surface area (Å²) in [5.41, 5.74) is 3.40. The van der Waals surface area contributed by atoms with Crippen LogP contribution in [0, 0.1) is 0 Å². The first-order valence-electron chi connectivity index (χ1n) is 8.29. The summed E-state index contributed by atoms with van der Waals surface area (Å²) in [6, 6.07) is 13.6. The van der Waals surface area contributed by atoms with Gasteiger partial charge in [0.1, 0.15) is 4.47 Å². The first kappa shape index (κ1) is 18.6. The lowest BCUT2D eigenvalue weighted by Crippen LogP contribution is -2.16. The van der Waals surface area contributed by atoms with Crippen LogP contribution < -0.4 is 10.9 Å². The molecule has 0 spiro atoms. The summed E-state index contributed by atoms with van der Waals surface area (Å²) in [6.07, 6.45) is 4.30. The lowest BCUT2D eigenvalue weighted by molar-refractivity contribution is 0.771. The molecule has 2 N–H and O–H groups in total. The number of H-pyrrole nitrogens is 1. The Bertz CT molecular complexity index is 913. The molecule has 7 heteroatoms. The van der Waals surface area contributed by atoms with Crippen molar-refractivity contribution >= 4 is 33.2 Å². The molecule has 0 atom stereocenters. The highest BCUT2D eigenvalue weighted by molar-refractivity contribution is 9.10. The number of aryl methyl sites for hydroxylation is 2. The summed E-state index contributed by atoms with van der Waals surface area (Å²) in [5.74, 6) is 0. The second-order valence-corrected chi connectivity index (χ2v) is 7.07. The average molecular weight is 434 g/mol. The van der Waals surface area contributed by atoms with Gasteiger partial charge in [0.05, 0.1) is 23.6 Å². The molecule has 2 heterocycles. The molecule has 0 aliphatic heterocycles. The highest BCUT2D eigenvalue weighted by atomic mass is 79.9. The van der Waals surface area contributed by atoms with E-state index in [4.69, 9.17) is 11.6 Å². The SMILES string of the molecule is O=c1[nH]nc(CCCc2ccc(Cl)cc2)c(NCc2ccccn2)c1Br. The third kappa shape index (κ3) is 4.93. The van der Waals surface area contributed by atoms with Crippen molar-refractivity contribution in [2.75, 3.05) is 5.32 Å². The lowest BCUT2D eigenvalue weighted by atomic mass is 10.1. The minimum absolute atomic E-state index is 0.255. The van der Waals surface area contributed by atoms with Crippen molar-refractivity contribution in [3.8, 4) is 0 Å². The maximum Gasteiger partial charge on any atom is 0.280 e. The van der Waals surface area contributed by atoms with E-state index < -0.39 is 0 Å². The molecule has 0 aliphatic rings. The second-order valence-electron chi connectivity index (χ2n) is 5.84. The summed E-state index contributed by atoms with van der Waals surface area (Å²) < 4.78 is 0.463. The smallest absolute Gasteiger partial charge is 0.280 e. The van der Waals surface area contributed by atoms with Crippen molar-refractivity contribution in [3.05, 3.63) is 85.5 Å². The average Bonchev–Trinajstić information content (AvgIpc) is 2.66. The molecule has 0 bridgehead atoms. The number of aromatic nitrogens is 3. The predicted molar refractivity (Wildman–Crippen MR) is 108 cm³/mol. The van der Waals surface area contributed by atoms with Gasteiger partial charge in [0, 0.05) is 11.2 Å². The molecule has 0 saturated heterocycles. The van der Waals surface area contributed by atoms with Gasteiger partial charge in [-0.3, -0.25) is 9.78 Å². The monoisotopic (exact) mass is 432 g/mol. The number of anilines is 1. The number of pyridine rings is 1. The topological polar surface area (TPSA) is 70.7 Å². The number of aromatic amines is 1. The van der Waals surface area contributed by atoms with E-state index in [0.717, 1.165) is 41.4 Å². The van der Waals surface area contributed by atoms with E-state index in [-0.39, 0.29) is 5.56 Å². The van der Waals surface area contributed by atoms with Gasteiger partial charge in [-0.25, -0.2) is 5.10 Å². The fourth-order valence-electron chi connectivity index (χ4n) is 2.62. The van der Waals surface area contributed by atoms with E-state index in [1.54, 1.807) is 6.20 Å². The largest absolute Gasteiger partial charge is 0.377 e. The fraction of sp³-hybridized carbons (Fsp3) is 0.211. The summed E-state index contributed by atoms with van der Waals surface area (Å²) in [4.78, 5) is 16.2. The predicted octanol–water partition coefficient (Wildman–Crippen LogP) is 4.37. The summed E-state index contributed by atoms with van der Waals surface area (Å²) in [7, 11) is 0. The van der Waals surface area contributed by atoms with Crippen molar-refractivity contribution in [2.45, 2.75) is 25.8 Å². The number of nitrogens with one attached hydrogen (secondary N) is 2. The number of nitrogens with zero attached hydrogens (tertiary/aromatic N) is 2. The van der Waals surface area contributed by atoms with Gasteiger partial charge in [0.25, 0.3) is 5.56 Å². The number of halogens is 2. The quantitative estimate of drug-likeness (QED) is 0.580. The zero-order chi connectivity index (χ0) is 18.4. The van der Waals surface area contributed by atoms with Crippen molar-refractivity contribution < 1.29 is 0 Å². The Morgan fingerprint density at radius 1 is 1.12 bits per heavy atom. The van der Waals surface area contributed by atoms with Crippen LogP contribution in [0.1, 0.15) is 23.4 Å². The molecule has 1 aromatic carbocycles. The van der Waals surface area contributed by atoms with Gasteiger partial charge in [0.2, 0.25) is 0 Å². The molecule has 0 unspecified atom stereocenters. The minimum atomic E-state index is -0.255. The van der Waals surface area contributed by atoms with Gasteiger partial charge < -0.3 is 5.32 Å². The Kier molecular flexibility index (Phi) is 6.41. The third-order valence-corrected chi connectivity index (χ3v) is 4.97.